The first-order valence-corrected chi connectivity index (χ1v) is 9.78. The first-order chi connectivity index (χ1) is 13.2. The van der Waals surface area contributed by atoms with Gasteiger partial charge in [-0.05, 0) is 37.8 Å². The van der Waals surface area contributed by atoms with Crippen molar-refractivity contribution in [3.8, 4) is 0 Å². The van der Waals surface area contributed by atoms with Crippen molar-refractivity contribution in [2.24, 2.45) is 0 Å². The summed E-state index contributed by atoms with van der Waals surface area (Å²) >= 11 is 0. The third-order valence-corrected chi connectivity index (χ3v) is 5.48. The molecule has 1 aromatic heterocycles. The fourth-order valence-corrected chi connectivity index (χ4v) is 3.97. The highest BCUT2D eigenvalue weighted by molar-refractivity contribution is 5.80. The maximum absolute atomic E-state index is 12.5. The van der Waals surface area contributed by atoms with Crippen LogP contribution in [0.1, 0.15) is 37.4 Å². The van der Waals surface area contributed by atoms with Crippen LogP contribution in [0.4, 0.5) is 0 Å². The van der Waals surface area contributed by atoms with Crippen LogP contribution in [0.2, 0.25) is 0 Å². The van der Waals surface area contributed by atoms with E-state index in [4.69, 9.17) is 4.74 Å². The van der Waals surface area contributed by atoms with E-state index < -0.39 is 0 Å². The van der Waals surface area contributed by atoms with Crippen LogP contribution in [0.5, 0.6) is 0 Å². The van der Waals surface area contributed by atoms with Gasteiger partial charge in [-0.2, -0.15) is 0 Å². The topological polar surface area (TPSA) is 78.5 Å². The SMILES string of the molecule is O=C(COCC(=O)N1CCCC(c2nc3ccccc3[nH]2)C1)N1CCCC1. The largest absolute Gasteiger partial charge is 0.362 e. The normalized spacial score (nSPS) is 20.4. The lowest BCUT2D eigenvalue weighted by molar-refractivity contribution is -0.142. The lowest BCUT2D eigenvalue weighted by atomic mass is 9.97. The Labute approximate surface area is 158 Å². The number of hydrogen-bond donors (Lipinski definition) is 1. The first-order valence-electron chi connectivity index (χ1n) is 9.78. The number of carbonyl (C=O) groups is 2. The van der Waals surface area contributed by atoms with Crippen molar-refractivity contribution in [3.63, 3.8) is 0 Å². The molecule has 0 radical (unpaired) electrons. The van der Waals surface area contributed by atoms with Crippen molar-refractivity contribution >= 4 is 22.8 Å². The van der Waals surface area contributed by atoms with Crippen molar-refractivity contribution in [2.75, 3.05) is 39.4 Å². The number of likely N-dealkylation sites (tertiary alicyclic amines) is 2. The lowest BCUT2D eigenvalue weighted by Crippen LogP contribution is -2.42. The number of aromatic nitrogens is 2. The van der Waals surface area contributed by atoms with E-state index in [1.807, 2.05) is 34.1 Å². The van der Waals surface area contributed by atoms with Crippen LogP contribution in [-0.4, -0.2) is 71.0 Å². The molecule has 0 spiro atoms. The van der Waals surface area contributed by atoms with E-state index in [1.165, 1.54) is 0 Å². The number of amides is 2. The van der Waals surface area contributed by atoms with Gasteiger partial charge in [-0.25, -0.2) is 4.98 Å². The zero-order valence-corrected chi connectivity index (χ0v) is 15.5. The van der Waals surface area contributed by atoms with Gasteiger partial charge < -0.3 is 19.5 Å². The van der Waals surface area contributed by atoms with E-state index in [9.17, 15) is 9.59 Å². The maximum atomic E-state index is 12.5. The Kier molecular flexibility index (Phi) is 5.38. The van der Waals surface area contributed by atoms with Gasteiger partial charge >= 0.3 is 0 Å². The second kappa shape index (κ2) is 8.08. The highest BCUT2D eigenvalue weighted by Gasteiger charge is 2.27. The average Bonchev–Trinajstić information content (AvgIpc) is 3.37. The number of imidazole rings is 1. The molecule has 4 rings (SSSR count). The molecular weight excluding hydrogens is 344 g/mol. The lowest BCUT2D eigenvalue weighted by Gasteiger charge is -2.31. The molecule has 3 heterocycles. The Bertz CT molecular complexity index is 779. The predicted molar refractivity (Wildman–Crippen MR) is 101 cm³/mol. The molecule has 2 aliphatic rings. The van der Waals surface area contributed by atoms with E-state index in [1.54, 1.807) is 0 Å². The van der Waals surface area contributed by atoms with E-state index >= 15 is 0 Å². The number of H-pyrrole nitrogens is 1. The molecule has 2 fully saturated rings. The second-order valence-electron chi connectivity index (χ2n) is 7.40. The first kappa shape index (κ1) is 18.0. The molecule has 7 heteroatoms. The molecule has 2 aliphatic heterocycles. The van der Waals surface area contributed by atoms with E-state index in [2.05, 4.69) is 9.97 Å². The minimum atomic E-state index is -0.0509. The van der Waals surface area contributed by atoms with Crippen molar-refractivity contribution < 1.29 is 14.3 Å². The summed E-state index contributed by atoms with van der Waals surface area (Å²) in [5.41, 5.74) is 1.99. The van der Waals surface area contributed by atoms with Gasteiger partial charge in [-0.15, -0.1) is 0 Å². The van der Waals surface area contributed by atoms with Crippen LogP contribution in [0.3, 0.4) is 0 Å². The Hall–Kier alpha value is -2.41. The zero-order chi connectivity index (χ0) is 18.6. The maximum Gasteiger partial charge on any atom is 0.248 e. The summed E-state index contributed by atoms with van der Waals surface area (Å²) in [5, 5.41) is 0. The van der Waals surface area contributed by atoms with Crippen molar-refractivity contribution in [1.29, 1.82) is 0 Å². The number of para-hydroxylation sites is 2. The minimum Gasteiger partial charge on any atom is -0.362 e. The summed E-state index contributed by atoms with van der Waals surface area (Å²) in [4.78, 5) is 36.2. The number of aromatic amines is 1. The molecule has 2 amide bonds. The quantitative estimate of drug-likeness (QED) is 0.872. The molecule has 1 unspecified atom stereocenters. The molecular formula is C20H26N4O3. The van der Waals surface area contributed by atoms with Gasteiger partial charge in [0.2, 0.25) is 11.8 Å². The van der Waals surface area contributed by atoms with Crippen LogP contribution in [-0.2, 0) is 14.3 Å². The monoisotopic (exact) mass is 370 g/mol. The summed E-state index contributed by atoms with van der Waals surface area (Å²) in [7, 11) is 0. The molecule has 1 atom stereocenters. The number of benzene rings is 1. The number of nitrogens with one attached hydrogen (secondary N) is 1. The standard InChI is InChI=1S/C20H26N4O3/c25-18(23-9-3-4-10-23)13-27-14-19(26)24-11-5-6-15(12-24)20-21-16-7-1-2-8-17(16)22-20/h1-2,7-8,15H,3-6,9-14H2,(H,21,22). The fraction of sp³-hybridized carbons (Fsp3) is 0.550. The summed E-state index contributed by atoms with van der Waals surface area (Å²) in [6.45, 7) is 2.95. The van der Waals surface area contributed by atoms with Gasteiger partial charge in [-0.3, -0.25) is 9.59 Å². The van der Waals surface area contributed by atoms with Crippen molar-refractivity contribution in [1.82, 2.24) is 19.8 Å². The number of hydrogen-bond acceptors (Lipinski definition) is 4. The number of nitrogens with zero attached hydrogens (tertiary/aromatic N) is 3. The summed E-state index contributed by atoms with van der Waals surface area (Å²) in [6, 6.07) is 7.97. The highest BCUT2D eigenvalue weighted by Crippen LogP contribution is 2.26. The van der Waals surface area contributed by atoms with Crippen molar-refractivity contribution in [3.05, 3.63) is 30.1 Å². The number of rotatable bonds is 5. The van der Waals surface area contributed by atoms with E-state index in [-0.39, 0.29) is 30.9 Å². The van der Waals surface area contributed by atoms with Gasteiger partial charge in [0.15, 0.2) is 0 Å². The molecule has 0 aliphatic carbocycles. The van der Waals surface area contributed by atoms with E-state index in [0.717, 1.165) is 62.2 Å². The number of ether oxygens (including phenoxy) is 1. The summed E-state index contributed by atoms with van der Waals surface area (Å²) in [6.07, 6.45) is 4.07. The third-order valence-electron chi connectivity index (χ3n) is 5.48. The van der Waals surface area contributed by atoms with Gasteiger partial charge in [0, 0.05) is 32.1 Å². The second-order valence-corrected chi connectivity index (χ2v) is 7.40. The van der Waals surface area contributed by atoms with Gasteiger partial charge in [-0.1, -0.05) is 12.1 Å². The van der Waals surface area contributed by atoms with Crippen molar-refractivity contribution in [2.45, 2.75) is 31.6 Å². The Morgan fingerprint density at radius 2 is 1.74 bits per heavy atom. The number of carbonyl (C=O) groups excluding carboxylic acids is 2. The van der Waals surface area contributed by atoms with Crippen LogP contribution >= 0.6 is 0 Å². The molecule has 1 aromatic carbocycles. The molecule has 2 saturated heterocycles. The zero-order valence-electron chi connectivity index (χ0n) is 15.5. The molecule has 0 bridgehead atoms. The van der Waals surface area contributed by atoms with Crippen LogP contribution < -0.4 is 0 Å². The van der Waals surface area contributed by atoms with Gasteiger partial charge in [0.25, 0.3) is 0 Å². The minimum absolute atomic E-state index is 0.00736. The van der Waals surface area contributed by atoms with Crippen LogP contribution in [0, 0.1) is 0 Å². The Morgan fingerprint density at radius 1 is 1.04 bits per heavy atom. The summed E-state index contributed by atoms with van der Waals surface area (Å²) in [5.74, 6) is 1.09. The number of piperidine rings is 1. The van der Waals surface area contributed by atoms with Crippen LogP contribution in [0.15, 0.2) is 24.3 Å². The molecule has 1 N–H and O–H groups in total. The predicted octanol–water partition coefficient (Wildman–Crippen LogP) is 1.91. The smallest absolute Gasteiger partial charge is 0.248 e. The Morgan fingerprint density at radius 3 is 2.52 bits per heavy atom. The molecule has 144 valence electrons. The third kappa shape index (κ3) is 4.13. The summed E-state index contributed by atoms with van der Waals surface area (Å²) < 4.78 is 5.41. The number of fused-ring (bicyclic) bond motifs is 1. The van der Waals surface area contributed by atoms with E-state index in [0.29, 0.717) is 6.54 Å². The Balaban J connectivity index is 1.29. The molecule has 2 aromatic rings. The molecule has 27 heavy (non-hydrogen) atoms. The molecule has 0 saturated carbocycles. The average molecular weight is 370 g/mol. The highest BCUT2D eigenvalue weighted by atomic mass is 16.5. The van der Waals surface area contributed by atoms with Gasteiger partial charge in [0.05, 0.1) is 11.0 Å². The van der Waals surface area contributed by atoms with Crippen LogP contribution in [0.25, 0.3) is 11.0 Å². The van der Waals surface area contributed by atoms with Gasteiger partial charge in [0.1, 0.15) is 19.0 Å². The molecule has 7 nitrogen and oxygen atoms in total. The fourth-order valence-electron chi connectivity index (χ4n) is 3.97.